The molecule has 43 heavy (non-hydrogen) atoms. The normalized spacial score (nSPS) is 12.2. The molecule has 0 saturated heterocycles. The lowest BCUT2D eigenvalue weighted by molar-refractivity contribution is 1.25. The molecule has 1 aliphatic heterocycles. The van der Waals surface area contributed by atoms with Gasteiger partial charge in [0.15, 0.2) is 5.82 Å². The average molecular weight is 554 g/mol. The molecule has 2 heterocycles. The number of fused-ring (bicyclic) bond motifs is 2. The summed E-state index contributed by atoms with van der Waals surface area (Å²) in [5.74, 6) is 0.813. The monoisotopic (exact) mass is 553 g/mol. The molecule has 0 bridgehead atoms. The molecule has 3 nitrogen and oxygen atoms in total. The Labute approximate surface area is 252 Å². The third-order valence-corrected chi connectivity index (χ3v) is 8.31. The molecule has 0 aliphatic carbocycles. The van der Waals surface area contributed by atoms with E-state index in [9.17, 15) is 0 Å². The summed E-state index contributed by atoms with van der Waals surface area (Å²) in [5.41, 5.74) is 16.6. The topological polar surface area (TPSA) is 41.0 Å². The van der Waals surface area contributed by atoms with Crippen molar-refractivity contribution in [3.05, 3.63) is 150 Å². The van der Waals surface area contributed by atoms with Crippen LogP contribution in [-0.4, -0.2) is 15.7 Å². The Kier molecular flexibility index (Phi) is 6.56. The van der Waals surface area contributed by atoms with E-state index < -0.39 is 0 Å². The maximum Gasteiger partial charge on any atom is 0.153 e. The number of nitrogens with one attached hydrogen (secondary N) is 1. The van der Waals surface area contributed by atoms with Crippen LogP contribution < -0.4 is 0 Å². The van der Waals surface area contributed by atoms with Gasteiger partial charge < -0.3 is 4.98 Å². The number of hydrogen-bond acceptors (Lipinski definition) is 2. The number of aromatic nitrogens is 2. The summed E-state index contributed by atoms with van der Waals surface area (Å²) in [6.45, 7) is 13.9. The summed E-state index contributed by atoms with van der Waals surface area (Å²) < 4.78 is 0. The number of aliphatic imine (C=N–C) groups is 1. The van der Waals surface area contributed by atoms with E-state index >= 15 is 0 Å². The van der Waals surface area contributed by atoms with Crippen molar-refractivity contribution in [2.75, 3.05) is 0 Å². The van der Waals surface area contributed by atoms with Gasteiger partial charge in [-0.15, -0.1) is 0 Å². The van der Waals surface area contributed by atoms with Crippen LogP contribution in [-0.2, 0) is 6.42 Å². The Morgan fingerprint density at radius 2 is 1.14 bits per heavy atom. The summed E-state index contributed by atoms with van der Waals surface area (Å²) in [4.78, 5) is 13.7. The van der Waals surface area contributed by atoms with Crippen LogP contribution in [0.25, 0.3) is 62.6 Å². The van der Waals surface area contributed by atoms with Crippen LogP contribution in [0.15, 0.2) is 122 Å². The van der Waals surface area contributed by atoms with E-state index in [2.05, 4.69) is 129 Å². The highest BCUT2D eigenvalue weighted by Gasteiger charge is 2.22. The minimum Gasteiger partial charge on any atom is -0.337 e. The molecule has 0 amide bonds. The van der Waals surface area contributed by atoms with E-state index in [4.69, 9.17) is 9.98 Å². The molecule has 206 valence electrons. The number of aromatic amines is 1. The van der Waals surface area contributed by atoms with Gasteiger partial charge in [-0.25, -0.2) is 9.98 Å². The van der Waals surface area contributed by atoms with Crippen molar-refractivity contribution >= 4 is 40.7 Å². The van der Waals surface area contributed by atoms with Crippen LogP contribution in [0.1, 0.15) is 33.6 Å². The Hall–Kier alpha value is -5.54. The SMILES string of the molecule is C=Cc1ccc(-c2cc3c(cc2C)CC(c2nc4cc(-c5ccc(C=C)cc5)c(-c5ccc(C=C)cc5)cc4[nH]2)=N3)cc1. The van der Waals surface area contributed by atoms with E-state index in [1.807, 2.05) is 18.2 Å². The standard InChI is InChI=1S/C40H31N3/c1-5-26-8-14-29(15-9-26)33-22-36-32(20-25(33)4)21-39(41-36)40-42-37-23-34(30-16-10-27(6-2)11-17-30)35(24-38(37)43-40)31-18-12-28(7-3)13-19-31/h5-20,22-24H,1-3,21H2,4H3,(H,42,43). The first kappa shape index (κ1) is 26.4. The number of imidazole rings is 1. The average Bonchev–Trinajstić information content (AvgIpc) is 3.67. The minimum absolute atomic E-state index is 0.747. The van der Waals surface area contributed by atoms with Gasteiger partial charge in [-0.3, -0.25) is 0 Å². The Morgan fingerprint density at radius 1 is 0.628 bits per heavy atom. The van der Waals surface area contributed by atoms with Crippen molar-refractivity contribution in [3.8, 4) is 33.4 Å². The van der Waals surface area contributed by atoms with Gasteiger partial charge in [0.25, 0.3) is 0 Å². The van der Waals surface area contributed by atoms with Gasteiger partial charge in [-0.2, -0.15) is 0 Å². The molecule has 0 unspecified atom stereocenters. The maximum absolute atomic E-state index is 5.07. The number of hydrogen-bond donors (Lipinski definition) is 1. The van der Waals surface area contributed by atoms with Crippen molar-refractivity contribution in [1.82, 2.24) is 9.97 Å². The molecule has 0 saturated carbocycles. The fourth-order valence-electron chi connectivity index (χ4n) is 5.88. The van der Waals surface area contributed by atoms with Crippen molar-refractivity contribution in [1.29, 1.82) is 0 Å². The predicted molar refractivity (Wildman–Crippen MR) is 184 cm³/mol. The van der Waals surface area contributed by atoms with Crippen LogP contribution >= 0.6 is 0 Å². The second-order valence-electron chi connectivity index (χ2n) is 11.0. The fourth-order valence-corrected chi connectivity index (χ4v) is 5.88. The van der Waals surface area contributed by atoms with Gasteiger partial charge in [0, 0.05) is 6.42 Å². The molecule has 0 atom stereocenters. The van der Waals surface area contributed by atoms with Crippen molar-refractivity contribution < 1.29 is 0 Å². The molecule has 0 radical (unpaired) electrons. The quantitative estimate of drug-likeness (QED) is 0.210. The molecular weight excluding hydrogens is 522 g/mol. The Morgan fingerprint density at radius 3 is 1.67 bits per heavy atom. The molecular formula is C40H31N3. The first-order valence-electron chi connectivity index (χ1n) is 14.5. The molecule has 5 aromatic carbocycles. The lowest BCUT2D eigenvalue weighted by Gasteiger charge is -2.11. The first-order chi connectivity index (χ1) is 21.0. The number of H-pyrrole nitrogens is 1. The summed E-state index contributed by atoms with van der Waals surface area (Å²) in [7, 11) is 0. The van der Waals surface area contributed by atoms with Crippen molar-refractivity contribution in [3.63, 3.8) is 0 Å². The van der Waals surface area contributed by atoms with Crippen LogP contribution in [0.5, 0.6) is 0 Å². The highest BCUT2D eigenvalue weighted by Crippen LogP contribution is 2.38. The van der Waals surface area contributed by atoms with Crippen molar-refractivity contribution in [2.45, 2.75) is 13.3 Å². The van der Waals surface area contributed by atoms with Crippen LogP contribution in [0.3, 0.4) is 0 Å². The van der Waals surface area contributed by atoms with Gasteiger partial charge >= 0.3 is 0 Å². The lowest BCUT2D eigenvalue weighted by atomic mass is 9.93. The lowest BCUT2D eigenvalue weighted by Crippen LogP contribution is -2.02. The summed E-state index contributed by atoms with van der Waals surface area (Å²) in [6, 6.07) is 34.4. The predicted octanol–water partition coefficient (Wildman–Crippen LogP) is 10.5. The summed E-state index contributed by atoms with van der Waals surface area (Å²) in [5, 5.41) is 0. The molecule has 6 aromatic rings. The van der Waals surface area contributed by atoms with Gasteiger partial charge in [0.1, 0.15) is 0 Å². The molecule has 7 rings (SSSR count). The summed E-state index contributed by atoms with van der Waals surface area (Å²) in [6.07, 6.45) is 6.35. The molecule has 1 N–H and O–H groups in total. The van der Waals surface area contributed by atoms with Gasteiger partial charge in [0.05, 0.1) is 22.4 Å². The number of aryl methyl sites for hydroxylation is 1. The Balaban J connectivity index is 1.30. The highest BCUT2D eigenvalue weighted by molar-refractivity contribution is 6.07. The van der Waals surface area contributed by atoms with E-state index in [1.165, 1.54) is 22.3 Å². The number of benzene rings is 5. The van der Waals surface area contributed by atoms with E-state index in [0.717, 1.165) is 73.6 Å². The molecule has 0 spiro atoms. The van der Waals surface area contributed by atoms with E-state index in [0.29, 0.717) is 0 Å². The second kappa shape index (κ2) is 10.7. The number of nitrogens with zero attached hydrogens (tertiary/aromatic N) is 2. The zero-order chi connectivity index (χ0) is 29.5. The summed E-state index contributed by atoms with van der Waals surface area (Å²) >= 11 is 0. The zero-order valence-corrected chi connectivity index (χ0v) is 24.2. The maximum atomic E-state index is 5.07. The third kappa shape index (κ3) is 4.85. The highest BCUT2D eigenvalue weighted by atomic mass is 15.0. The fraction of sp³-hybridized carbons (Fsp3) is 0.0500. The molecule has 1 aliphatic rings. The van der Waals surface area contributed by atoms with Crippen molar-refractivity contribution in [2.24, 2.45) is 4.99 Å². The largest absolute Gasteiger partial charge is 0.337 e. The van der Waals surface area contributed by atoms with Crippen LogP contribution in [0.4, 0.5) is 5.69 Å². The zero-order valence-electron chi connectivity index (χ0n) is 24.2. The Bertz CT molecular complexity index is 1980. The van der Waals surface area contributed by atoms with Gasteiger partial charge in [0.2, 0.25) is 0 Å². The van der Waals surface area contributed by atoms with E-state index in [1.54, 1.807) is 0 Å². The van der Waals surface area contributed by atoms with E-state index in [-0.39, 0.29) is 0 Å². The van der Waals surface area contributed by atoms with Crippen LogP contribution in [0.2, 0.25) is 0 Å². The molecule has 3 heteroatoms. The van der Waals surface area contributed by atoms with Gasteiger partial charge in [-0.05, 0) is 86.3 Å². The molecule has 0 fully saturated rings. The number of rotatable bonds is 7. The second-order valence-corrected chi connectivity index (χ2v) is 11.0. The van der Waals surface area contributed by atoms with Crippen LogP contribution in [0, 0.1) is 6.92 Å². The van der Waals surface area contributed by atoms with Gasteiger partial charge in [-0.1, -0.05) is 117 Å². The minimum atomic E-state index is 0.747. The molecule has 1 aromatic heterocycles. The first-order valence-corrected chi connectivity index (χ1v) is 14.5. The smallest absolute Gasteiger partial charge is 0.153 e. The third-order valence-electron chi connectivity index (χ3n) is 8.31.